The molecule has 128 valence electrons. The van der Waals surface area contributed by atoms with Crippen molar-refractivity contribution in [1.82, 2.24) is 15.6 Å². The van der Waals surface area contributed by atoms with Gasteiger partial charge in [-0.25, -0.2) is 0 Å². The molecule has 0 fully saturated rings. The molecule has 0 aliphatic heterocycles. The summed E-state index contributed by atoms with van der Waals surface area (Å²) in [7, 11) is 1.80. The summed E-state index contributed by atoms with van der Waals surface area (Å²) >= 11 is 1.84. The third-order valence-electron chi connectivity index (χ3n) is 3.82. The molecule has 0 atom stereocenters. The second-order valence-electron chi connectivity index (χ2n) is 5.50. The first-order chi connectivity index (χ1) is 12.4. The molecule has 0 saturated carbocycles. The molecule has 5 heteroatoms. The van der Waals surface area contributed by atoms with Gasteiger partial charge in [-0.2, -0.15) is 0 Å². The fraction of sp³-hybridized carbons (Fsp3) is 0.200. The molecule has 3 rings (SSSR count). The van der Waals surface area contributed by atoms with E-state index in [-0.39, 0.29) is 0 Å². The van der Waals surface area contributed by atoms with Gasteiger partial charge in [0.1, 0.15) is 0 Å². The number of thioether (sulfide) groups is 1. The van der Waals surface area contributed by atoms with Gasteiger partial charge in [-0.15, -0.1) is 11.8 Å². The Bertz CT molecular complexity index is 828. The van der Waals surface area contributed by atoms with E-state index in [0.717, 1.165) is 23.8 Å². The van der Waals surface area contributed by atoms with Crippen molar-refractivity contribution < 1.29 is 0 Å². The summed E-state index contributed by atoms with van der Waals surface area (Å²) in [5, 5.41) is 7.91. The number of pyridine rings is 1. The fourth-order valence-electron chi connectivity index (χ4n) is 2.56. The van der Waals surface area contributed by atoms with Gasteiger partial charge in [0.15, 0.2) is 5.96 Å². The van der Waals surface area contributed by atoms with Crippen LogP contribution in [-0.2, 0) is 6.54 Å². The number of rotatable bonds is 6. The van der Waals surface area contributed by atoms with Crippen LogP contribution >= 0.6 is 11.8 Å². The van der Waals surface area contributed by atoms with Crippen LogP contribution in [0.25, 0.3) is 10.9 Å². The zero-order chi connectivity index (χ0) is 17.3. The monoisotopic (exact) mass is 350 g/mol. The summed E-state index contributed by atoms with van der Waals surface area (Å²) in [5.41, 5.74) is 2.23. The van der Waals surface area contributed by atoms with Crippen LogP contribution in [0.3, 0.4) is 0 Å². The Balaban J connectivity index is 1.49. The van der Waals surface area contributed by atoms with Crippen molar-refractivity contribution in [2.24, 2.45) is 4.99 Å². The Labute approximate surface area is 152 Å². The number of aromatic nitrogens is 1. The van der Waals surface area contributed by atoms with Crippen LogP contribution in [0.4, 0.5) is 0 Å². The van der Waals surface area contributed by atoms with Crippen LogP contribution in [0.15, 0.2) is 76.7 Å². The highest BCUT2D eigenvalue weighted by Gasteiger charge is 2.03. The number of hydrogen-bond donors (Lipinski definition) is 2. The van der Waals surface area contributed by atoms with E-state index >= 15 is 0 Å². The second kappa shape index (κ2) is 9.08. The predicted octanol–water partition coefficient (Wildman–Crippen LogP) is 3.69. The quantitative estimate of drug-likeness (QED) is 0.308. The van der Waals surface area contributed by atoms with Gasteiger partial charge in [0.2, 0.25) is 0 Å². The average molecular weight is 350 g/mol. The Morgan fingerprint density at radius 3 is 2.64 bits per heavy atom. The van der Waals surface area contributed by atoms with E-state index in [0.29, 0.717) is 6.54 Å². The molecule has 3 aromatic rings. The van der Waals surface area contributed by atoms with Crippen molar-refractivity contribution in [3.8, 4) is 0 Å². The van der Waals surface area contributed by atoms with Gasteiger partial charge in [0, 0.05) is 42.4 Å². The summed E-state index contributed by atoms with van der Waals surface area (Å²) in [5.74, 6) is 1.80. The highest BCUT2D eigenvalue weighted by molar-refractivity contribution is 7.99. The van der Waals surface area contributed by atoms with E-state index < -0.39 is 0 Å². The molecule has 0 aliphatic rings. The smallest absolute Gasteiger partial charge is 0.191 e. The zero-order valence-electron chi connectivity index (χ0n) is 14.3. The molecule has 0 saturated heterocycles. The number of fused-ring (bicyclic) bond motifs is 1. The maximum atomic E-state index is 4.40. The minimum absolute atomic E-state index is 0.717. The lowest BCUT2D eigenvalue weighted by molar-refractivity contribution is 0.836. The molecule has 25 heavy (non-hydrogen) atoms. The topological polar surface area (TPSA) is 49.3 Å². The molecular formula is C20H22N4S. The molecule has 0 radical (unpaired) electrons. The van der Waals surface area contributed by atoms with Gasteiger partial charge in [-0.1, -0.05) is 36.4 Å². The standard InChI is InChI=1S/C20H22N4S/c1-21-20(23-13-14-25-17-7-3-2-4-8-17)24-15-16-11-12-22-19-10-6-5-9-18(16)19/h2-12H,13-15H2,1H3,(H2,21,23,24). The van der Waals surface area contributed by atoms with Crippen LogP contribution < -0.4 is 10.6 Å². The first-order valence-corrected chi connectivity index (χ1v) is 9.30. The Hall–Kier alpha value is -2.53. The summed E-state index contributed by atoms with van der Waals surface area (Å²) < 4.78 is 0. The zero-order valence-corrected chi connectivity index (χ0v) is 15.1. The minimum Gasteiger partial charge on any atom is -0.356 e. The largest absolute Gasteiger partial charge is 0.356 e. The summed E-state index contributed by atoms with van der Waals surface area (Å²) in [4.78, 5) is 9.99. The Kier molecular flexibility index (Phi) is 6.29. The molecule has 0 bridgehead atoms. The second-order valence-corrected chi connectivity index (χ2v) is 6.67. The van der Waals surface area contributed by atoms with Crippen molar-refractivity contribution >= 4 is 28.6 Å². The van der Waals surface area contributed by atoms with E-state index in [1.165, 1.54) is 15.8 Å². The molecular weight excluding hydrogens is 328 g/mol. The third-order valence-corrected chi connectivity index (χ3v) is 4.83. The Morgan fingerprint density at radius 1 is 1.00 bits per heavy atom. The molecule has 0 spiro atoms. The number of hydrogen-bond acceptors (Lipinski definition) is 3. The van der Waals surface area contributed by atoms with E-state index in [9.17, 15) is 0 Å². The van der Waals surface area contributed by atoms with Crippen molar-refractivity contribution in [2.45, 2.75) is 11.4 Å². The molecule has 1 heterocycles. The van der Waals surface area contributed by atoms with Crippen LogP contribution in [-0.4, -0.2) is 30.3 Å². The minimum atomic E-state index is 0.717. The molecule has 2 aromatic carbocycles. The van der Waals surface area contributed by atoms with E-state index in [2.05, 4.69) is 50.9 Å². The van der Waals surface area contributed by atoms with E-state index in [1.54, 1.807) is 7.05 Å². The van der Waals surface area contributed by atoms with Crippen LogP contribution in [0.5, 0.6) is 0 Å². The number of guanidine groups is 1. The van der Waals surface area contributed by atoms with E-state index in [4.69, 9.17) is 0 Å². The molecule has 0 amide bonds. The lowest BCUT2D eigenvalue weighted by atomic mass is 10.1. The molecule has 1 aromatic heterocycles. The number of aliphatic imine (C=N–C) groups is 1. The SMILES string of the molecule is CN=C(NCCSc1ccccc1)NCc1ccnc2ccccc12. The number of benzene rings is 2. The average Bonchev–Trinajstić information content (AvgIpc) is 2.68. The maximum absolute atomic E-state index is 4.40. The molecule has 0 aliphatic carbocycles. The van der Waals surface area contributed by atoms with Crippen molar-refractivity contribution in [3.05, 3.63) is 72.4 Å². The molecule has 2 N–H and O–H groups in total. The van der Waals surface area contributed by atoms with Crippen LogP contribution in [0, 0.1) is 0 Å². The number of nitrogens with one attached hydrogen (secondary N) is 2. The summed E-state index contributed by atoms with van der Waals surface area (Å²) in [6, 6.07) is 20.7. The normalized spacial score (nSPS) is 11.5. The highest BCUT2D eigenvalue weighted by Crippen LogP contribution is 2.16. The fourth-order valence-corrected chi connectivity index (χ4v) is 3.35. The van der Waals surface area contributed by atoms with Gasteiger partial charge in [0.05, 0.1) is 5.52 Å². The lowest BCUT2D eigenvalue weighted by Crippen LogP contribution is -2.38. The van der Waals surface area contributed by atoms with Gasteiger partial charge in [-0.3, -0.25) is 9.98 Å². The van der Waals surface area contributed by atoms with Crippen LogP contribution in [0.2, 0.25) is 0 Å². The Morgan fingerprint density at radius 2 is 1.80 bits per heavy atom. The molecule has 0 unspecified atom stereocenters. The van der Waals surface area contributed by atoms with Gasteiger partial charge < -0.3 is 10.6 Å². The van der Waals surface area contributed by atoms with Gasteiger partial charge in [-0.05, 0) is 29.8 Å². The lowest BCUT2D eigenvalue weighted by Gasteiger charge is -2.13. The van der Waals surface area contributed by atoms with Crippen molar-refractivity contribution in [3.63, 3.8) is 0 Å². The third kappa shape index (κ3) is 4.97. The van der Waals surface area contributed by atoms with Crippen molar-refractivity contribution in [2.75, 3.05) is 19.3 Å². The number of nitrogens with zero attached hydrogens (tertiary/aromatic N) is 2. The predicted molar refractivity (Wildman–Crippen MR) is 107 cm³/mol. The number of para-hydroxylation sites is 1. The summed E-state index contributed by atoms with van der Waals surface area (Å²) in [6.45, 7) is 1.57. The maximum Gasteiger partial charge on any atom is 0.191 e. The first-order valence-electron chi connectivity index (χ1n) is 8.32. The van der Waals surface area contributed by atoms with E-state index in [1.807, 2.05) is 48.3 Å². The highest BCUT2D eigenvalue weighted by atomic mass is 32.2. The van der Waals surface area contributed by atoms with Gasteiger partial charge >= 0.3 is 0 Å². The summed E-state index contributed by atoms with van der Waals surface area (Å²) in [6.07, 6.45) is 1.85. The first kappa shape index (κ1) is 17.3. The van der Waals surface area contributed by atoms with Gasteiger partial charge in [0.25, 0.3) is 0 Å². The molecule has 4 nitrogen and oxygen atoms in total. The van der Waals surface area contributed by atoms with Crippen molar-refractivity contribution in [1.29, 1.82) is 0 Å². The van der Waals surface area contributed by atoms with Crippen LogP contribution in [0.1, 0.15) is 5.56 Å².